The van der Waals surface area contributed by atoms with Gasteiger partial charge in [0.15, 0.2) is 0 Å². The second-order valence-electron chi connectivity index (χ2n) is 4.93. The zero-order valence-electron chi connectivity index (χ0n) is 9.62. The topological polar surface area (TPSA) is 44.4 Å². The zero-order chi connectivity index (χ0) is 10.8. The molecule has 2 aliphatic rings. The molecule has 86 valence electrons. The Morgan fingerprint density at radius 3 is 2.53 bits per heavy atom. The molecule has 2 N–H and O–H groups in total. The Morgan fingerprint density at radius 1 is 1.33 bits per heavy atom. The molecule has 0 saturated carbocycles. The summed E-state index contributed by atoms with van der Waals surface area (Å²) in [6.07, 6.45) is 2.19. The van der Waals surface area contributed by atoms with Crippen LogP contribution in [0.5, 0.6) is 0 Å². The van der Waals surface area contributed by atoms with E-state index in [4.69, 9.17) is 0 Å². The maximum atomic E-state index is 11.8. The molecular weight excluding hydrogens is 190 g/mol. The first-order valence-corrected chi connectivity index (χ1v) is 5.96. The molecule has 0 aromatic carbocycles. The van der Waals surface area contributed by atoms with Crippen LogP contribution in [0, 0.1) is 5.92 Å². The molecule has 4 nitrogen and oxygen atoms in total. The van der Waals surface area contributed by atoms with Crippen LogP contribution in [0.15, 0.2) is 0 Å². The number of piperidine rings is 1. The summed E-state index contributed by atoms with van der Waals surface area (Å²) in [6.45, 7) is 7.30. The number of carbonyl (C=O) groups excluding carboxylic acids is 1. The maximum absolute atomic E-state index is 11.8. The standard InChI is InChI=1S/C11H21N3O/c1-8(2)10-7-14(11(15)13-10)9-3-5-12-6-4-9/h8-10,12H,3-7H2,1-2H3,(H,13,15). The van der Waals surface area contributed by atoms with E-state index in [0.29, 0.717) is 18.0 Å². The van der Waals surface area contributed by atoms with Crippen LogP contribution in [0.1, 0.15) is 26.7 Å². The van der Waals surface area contributed by atoms with Gasteiger partial charge in [0.25, 0.3) is 0 Å². The van der Waals surface area contributed by atoms with Crippen LogP contribution >= 0.6 is 0 Å². The molecule has 4 heteroatoms. The highest BCUT2D eigenvalue weighted by molar-refractivity contribution is 5.77. The van der Waals surface area contributed by atoms with Crippen molar-refractivity contribution >= 4 is 6.03 Å². The van der Waals surface area contributed by atoms with E-state index >= 15 is 0 Å². The molecular formula is C11H21N3O. The van der Waals surface area contributed by atoms with Crippen molar-refractivity contribution in [1.82, 2.24) is 15.5 Å². The first kappa shape index (κ1) is 10.7. The molecule has 0 bridgehead atoms. The summed E-state index contributed by atoms with van der Waals surface area (Å²) in [7, 11) is 0. The molecule has 0 radical (unpaired) electrons. The predicted molar refractivity (Wildman–Crippen MR) is 59.8 cm³/mol. The highest BCUT2D eigenvalue weighted by Crippen LogP contribution is 2.19. The monoisotopic (exact) mass is 211 g/mol. The van der Waals surface area contributed by atoms with Gasteiger partial charge in [-0.15, -0.1) is 0 Å². The number of nitrogens with zero attached hydrogens (tertiary/aromatic N) is 1. The van der Waals surface area contributed by atoms with Crippen molar-refractivity contribution in [3.05, 3.63) is 0 Å². The smallest absolute Gasteiger partial charge is 0.318 e. The first-order chi connectivity index (χ1) is 7.18. The predicted octanol–water partition coefficient (Wildman–Crippen LogP) is 0.788. The summed E-state index contributed by atoms with van der Waals surface area (Å²) in [5, 5.41) is 6.40. The second-order valence-corrected chi connectivity index (χ2v) is 4.93. The van der Waals surface area contributed by atoms with Gasteiger partial charge in [0.05, 0.1) is 6.04 Å². The van der Waals surface area contributed by atoms with E-state index in [1.54, 1.807) is 0 Å². The van der Waals surface area contributed by atoms with Crippen LogP contribution in [-0.4, -0.2) is 42.6 Å². The fraction of sp³-hybridized carbons (Fsp3) is 0.909. The van der Waals surface area contributed by atoms with E-state index in [9.17, 15) is 4.79 Å². The molecule has 0 aromatic rings. The number of hydrogen-bond donors (Lipinski definition) is 2. The van der Waals surface area contributed by atoms with Gasteiger partial charge in [-0.05, 0) is 31.8 Å². The number of hydrogen-bond acceptors (Lipinski definition) is 2. The van der Waals surface area contributed by atoms with Gasteiger partial charge in [0.1, 0.15) is 0 Å². The fourth-order valence-electron chi connectivity index (χ4n) is 2.39. The third kappa shape index (κ3) is 2.25. The maximum Gasteiger partial charge on any atom is 0.318 e. The lowest BCUT2D eigenvalue weighted by molar-refractivity contribution is 0.181. The summed E-state index contributed by atoms with van der Waals surface area (Å²) in [4.78, 5) is 13.8. The highest BCUT2D eigenvalue weighted by atomic mass is 16.2. The summed E-state index contributed by atoms with van der Waals surface area (Å²) in [5.74, 6) is 0.528. The lowest BCUT2D eigenvalue weighted by Gasteiger charge is -2.30. The van der Waals surface area contributed by atoms with Gasteiger partial charge >= 0.3 is 6.03 Å². The molecule has 0 aromatic heterocycles. The summed E-state index contributed by atoms with van der Waals surface area (Å²) >= 11 is 0. The zero-order valence-corrected chi connectivity index (χ0v) is 9.62. The minimum atomic E-state index is 0.139. The van der Waals surface area contributed by atoms with Gasteiger partial charge in [-0.25, -0.2) is 4.79 Å². The SMILES string of the molecule is CC(C)C1CN(C2CCNCC2)C(=O)N1. The Hall–Kier alpha value is -0.770. The molecule has 2 rings (SSSR count). The van der Waals surface area contributed by atoms with Gasteiger partial charge in [-0.2, -0.15) is 0 Å². The van der Waals surface area contributed by atoms with Crippen molar-refractivity contribution in [3.63, 3.8) is 0 Å². The van der Waals surface area contributed by atoms with Crippen molar-refractivity contribution in [2.45, 2.75) is 38.8 Å². The molecule has 2 heterocycles. The summed E-state index contributed by atoms with van der Waals surface area (Å²) < 4.78 is 0. The van der Waals surface area contributed by atoms with E-state index in [0.717, 1.165) is 32.5 Å². The van der Waals surface area contributed by atoms with E-state index < -0.39 is 0 Å². The van der Waals surface area contributed by atoms with Gasteiger partial charge < -0.3 is 15.5 Å². The van der Waals surface area contributed by atoms with Crippen molar-refractivity contribution < 1.29 is 4.79 Å². The minimum Gasteiger partial charge on any atom is -0.333 e. The van der Waals surface area contributed by atoms with Crippen LogP contribution in [-0.2, 0) is 0 Å². The van der Waals surface area contributed by atoms with Crippen molar-refractivity contribution in [3.8, 4) is 0 Å². The van der Waals surface area contributed by atoms with Crippen LogP contribution < -0.4 is 10.6 Å². The summed E-state index contributed by atoms with van der Waals surface area (Å²) in [6, 6.07) is 0.933. The Bertz CT molecular complexity index is 236. The number of urea groups is 1. The fourth-order valence-corrected chi connectivity index (χ4v) is 2.39. The number of rotatable bonds is 2. The van der Waals surface area contributed by atoms with Crippen LogP contribution in [0.25, 0.3) is 0 Å². The van der Waals surface area contributed by atoms with Crippen LogP contribution in [0.3, 0.4) is 0 Å². The lowest BCUT2D eigenvalue weighted by Crippen LogP contribution is -2.44. The van der Waals surface area contributed by atoms with E-state index in [1.807, 2.05) is 4.90 Å². The molecule has 2 saturated heterocycles. The van der Waals surface area contributed by atoms with Crippen LogP contribution in [0.2, 0.25) is 0 Å². The van der Waals surface area contributed by atoms with Gasteiger partial charge in [-0.1, -0.05) is 13.8 Å². The van der Waals surface area contributed by atoms with Gasteiger partial charge in [0.2, 0.25) is 0 Å². The quantitative estimate of drug-likeness (QED) is 0.709. The van der Waals surface area contributed by atoms with Crippen LogP contribution in [0.4, 0.5) is 4.79 Å². The van der Waals surface area contributed by atoms with Gasteiger partial charge in [-0.3, -0.25) is 0 Å². The van der Waals surface area contributed by atoms with E-state index in [2.05, 4.69) is 24.5 Å². The van der Waals surface area contributed by atoms with E-state index in [-0.39, 0.29) is 6.03 Å². The number of nitrogens with one attached hydrogen (secondary N) is 2. The molecule has 2 aliphatic heterocycles. The lowest BCUT2D eigenvalue weighted by atomic mass is 10.0. The average Bonchev–Trinajstić information content (AvgIpc) is 2.62. The molecule has 1 unspecified atom stereocenters. The number of carbonyl (C=O) groups is 1. The first-order valence-electron chi connectivity index (χ1n) is 5.96. The Labute approximate surface area is 91.4 Å². The molecule has 2 amide bonds. The van der Waals surface area contributed by atoms with Crippen molar-refractivity contribution in [2.75, 3.05) is 19.6 Å². The molecule has 0 aliphatic carbocycles. The third-order valence-corrected chi connectivity index (χ3v) is 3.52. The summed E-state index contributed by atoms with van der Waals surface area (Å²) in [5.41, 5.74) is 0. The third-order valence-electron chi connectivity index (χ3n) is 3.52. The Morgan fingerprint density at radius 2 is 2.00 bits per heavy atom. The Balaban J connectivity index is 1.95. The highest BCUT2D eigenvalue weighted by Gasteiger charge is 2.35. The second kappa shape index (κ2) is 4.39. The molecule has 15 heavy (non-hydrogen) atoms. The minimum absolute atomic E-state index is 0.139. The van der Waals surface area contributed by atoms with E-state index in [1.165, 1.54) is 0 Å². The van der Waals surface area contributed by atoms with Gasteiger partial charge in [0, 0.05) is 12.6 Å². The normalized spacial score (nSPS) is 28.6. The van der Waals surface area contributed by atoms with Crippen molar-refractivity contribution in [1.29, 1.82) is 0 Å². The average molecular weight is 211 g/mol. The Kier molecular flexibility index (Phi) is 3.14. The number of amides is 2. The molecule has 0 spiro atoms. The largest absolute Gasteiger partial charge is 0.333 e. The molecule has 1 atom stereocenters. The molecule has 2 fully saturated rings. The van der Waals surface area contributed by atoms with Crippen molar-refractivity contribution in [2.24, 2.45) is 5.92 Å².